The number of hydrazine groups is 1. The second-order valence-electron chi connectivity index (χ2n) is 7.05. The van der Waals surface area contributed by atoms with Crippen molar-refractivity contribution in [2.45, 2.75) is 39.8 Å². The molecular formula is C22H25N5O3. The van der Waals surface area contributed by atoms with Crippen molar-refractivity contribution in [3.05, 3.63) is 65.5 Å². The Morgan fingerprint density at radius 3 is 2.43 bits per heavy atom. The number of benzene rings is 2. The number of nitrogens with zero attached hydrogens (tertiary/aromatic N) is 2. The lowest BCUT2D eigenvalue weighted by atomic mass is 10.1. The maximum atomic E-state index is 12.4. The average molecular weight is 407 g/mol. The molecule has 1 unspecified atom stereocenters. The van der Waals surface area contributed by atoms with E-state index in [0.29, 0.717) is 11.1 Å². The zero-order valence-electron chi connectivity index (χ0n) is 17.2. The number of fused-ring (bicyclic) bond motifs is 1. The van der Waals surface area contributed by atoms with E-state index in [1.165, 1.54) is 0 Å². The molecule has 3 N–H and O–H groups in total. The maximum absolute atomic E-state index is 12.4. The summed E-state index contributed by atoms with van der Waals surface area (Å²) < 4.78 is 2.06. The summed E-state index contributed by atoms with van der Waals surface area (Å²) in [6.07, 6.45) is 0.0258. The molecule has 0 saturated carbocycles. The third kappa shape index (κ3) is 4.83. The minimum absolute atomic E-state index is 0.0258. The standard InChI is InChI=1S/C22H25N5O3/c1-4-27-15(3)24-18-13-17(10-11-19(18)27)22(30)26-25-20(28)12-14(2)23-21(29)16-8-6-5-7-9-16/h5-11,13-14H,4,12H2,1-3H3,(H,23,29)(H,25,28)(H,26,30). The van der Waals surface area contributed by atoms with E-state index in [2.05, 4.69) is 25.7 Å². The van der Waals surface area contributed by atoms with E-state index in [1.54, 1.807) is 43.3 Å². The van der Waals surface area contributed by atoms with Gasteiger partial charge in [-0.3, -0.25) is 25.2 Å². The first-order valence-electron chi connectivity index (χ1n) is 9.81. The van der Waals surface area contributed by atoms with Crippen LogP contribution in [0, 0.1) is 6.92 Å². The minimum Gasteiger partial charge on any atom is -0.349 e. The lowest BCUT2D eigenvalue weighted by Gasteiger charge is -2.14. The summed E-state index contributed by atoms with van der Waals surface area (Å²) in [5.74, 6) is -0.216. The number of carbonyl (C=O) groups excluding carboxylic acids is 3. The minimum atomic E-state index is -0.435. The summed E-state index contributed by atoms with van der Waals surface area (Å²) in [5, 5.41) is 2.76. The van der Waals surface area contributed by atoms with Gasteiger partial charge in [-0.05, 0) is 51.1 Å². The number of hydrogen-bond donors (Lipinski definition) is 3. The summed E-state index contributed by atoms with van der Waals surface area (Å²) >= 11 is 0. The fraction of sp³-hybridized carbons (Fsp3) is 0.273. The van der Waals surface area contributed by atoms with Gasteiger partial charge in [0.05, 0.1) is 11.0 Å². The van der Waals surface area contributed by atoms with Crippen LogP contribution in [-0.2, 0) is 11.3 Å². The molecule has 3 aromatic rings. The van der Waals surface area contributed by atoms with Crippen LogP contribution in [0.5, 0.6) is 0 Å². The Kier molecular flexibility index (Phi) is 6.46. The SMILES string of the molecule is CCn1c(C)nc2cc(C(=O)NNC(=O)CC(C)NC(=O)c3ccccc3)ccc21. The second-order valence-corrected chi connectivity index (χ2v) is 7.05. The summed E-state index contributed by atoms with van der Waals surface area (Å²) in [5.41, 5.74) is 7.39. The van der Waals surface area contributed by atoms with Crippen LogP contribution in [0.15, 0.2) is 48.5 Å². The molecule has 0 aliphatic rings. The molecule has 8 nitrogen and oxygen atoms in total. The van der Waals surface area contributed by atoms with E-state index < -0.39 is 17.9 Å². The molecule has 2 aromatic carbocycles. The third-order valence-corrected chi connectivity index (χ3v) is 4.74. The highest BCUT2D eigenvalue weighted by molar-refractivity contribution is 5.98. The van der Waals surface area contributed by atoms with Crippen LogP contribution >= 0.6 is 0 Å². The Bertz CT molecular complexity index is 1080. The summed E-state index contributed by atoms with van der Waals surface area (Å²) in [4.78, 5) is 41.1. The summed E-state index contributed by atoms with van der Waals surface area (Å²) in [6, 6.07) is 13.6. The number of rotatable bonds is 6. The van der Waals surface area contributed by atoms with Gasteiger partial charge in [0.2, 0.25) is 5.91 Å². The molecule has 30 heavy (non-hydrogen) atoms. The second kappa shape index (κ2) is 9.21. The van der Waals surface area contributed by atoms with Crippen LogP contribution in [0.25, 0.3) is 11.0 Å². The Hall–Kier alpha value is -3.68. The van der Waals surface area contributed by atoms with Crippen molar-refractivity contribution in [2.75, 3.05) is 0 Å². The van der Waals surface area contributed by atoms with Crippen LogP contribution in [-0.4, -0.2) is 33.3 Å². The van der Waals surface area contributed by atoms with Crippen LogP contribution in [0.3, 0.4) is 0 Å². The van der Waals surface area contributed by atoms with E-state index in [0.717, 1.165) is 23.4 Å². The molecule has 3 amide bonds. The van der Waals surface area contributed by atoms with Gasteiger partial charge in [-0.25, -0.2) is 4.98 Å². The number of hydrogen-bond acceptors (Lipinski definition) is 4. The van der Waals surface area contributed by atoms with E-state index in [9.17, 15) is 14.4 Å². The number of aryl methyl sites for hydroxylation is 2. The first-order chi connectivity index (χ1) is 14.4. The normalized spacial score (nSPS) is 11.7. The smallest absolute Gasteiger partial charge is 0.269 e. The van der Waals surface area contributed by atoms with Crippen molar-refractivity contribution in [1.82, 2.24) is 25.7 Å². The predicted molar refractivity (Wildman–Crippen MR) is 114 cm³/mol. The van der Waals surface area contributed by atoms with Crippen molar-refractivity contribution in [3.63, 3.8) is 0 Å². The van der Waals surface area contributed by atoms with Crippen molar-refractivity contribution in [1.29, 1.82) is 0 Å². The van der Waals surface area contributed by atoms with Crippen molar-refractivity contribution < 1.29 is 14.4 Å². The van der Waals surface area contributed by atoms with Crippen molar-refractivity contribution in [3.8, 4) is 0 Å². The molecule has 1 aromatic heterocycles. The number of aromatic nitrogens is 2. The van der Waals surface area contributed by atoms with Crippen molar-refractivity contribution >= 4 is 28.8 Å². The highest BCUT2D eigenvalue weighted by Gasteiger charge is 2.15. The monoisotopic (exact) mass is 407 g/mol. The summed E-state index contributed by atoms with van der Waals surface area (Å²) in [7, 11) is 0. The molecule has 1 heterocycles. The zero-order chi connectivity index (χ0) is 21.7. The van der Waals surface area contributed by atoms with Crippen LogP contribution < -0.4 is 16.2 Å². The molecule has 0 fully saturated rings. The van der Waals surface area contributed by atoms with E-state index in [4.69, 9.17) is 0 Å². The fourth-order valence-corrected chi connectivity index (χ4v) is 3.27. The van der Waals surface area contributed by atoms with E-state index >= 15 is 0 Å². The first kappa shape index (κ1) is 21.0. The van der Waals surface area contributed by atoms with Crippen LogP contribution in [0.1, 0.15) is 46.8 Å². The molecule has 0 spiro atoms. The molecule has 3 rings (SSSR count). The Labute approximate surface area is 174 Å². The number of nitrogens with one attached hydrogen (secondary N) is 3. The molecule has 8 heteroatoms. The number of imidazole rings is 1. The van der Waals surface area contributed by atoms with E-state index in [-0.39, 0.29) is 12.3 Å². The Morgan fingerprint density at radius 1 is 1.00 bits per heavy atom. The molecule has 0 bridgehead atoms. The lowest BCUT2D eigenvalue weighted by molar-refractivity contribution is -0.122. The molecule has 0 aliphatic carbocycles. The molecular weight excluding hydrogens is 382 g/mol. The van der Waals surface area contributed by atoms with Gasteiger partial charge in [0.25, 0.3) is 11.8 Å². The Morgan fingerprint density at radius 2 is 1.73 bits per heavy atom. The van der Waals surface area contributed by atoms with Gasteiger partial charge < -0.3 is 9.88 Å². The van der Waals surface area contributed by atoms with Crippen LogP contribution in [0.2, 0.25) is 0 Å². The first-order valence-corrected chi connectivity index (χ1v) is 9.81. The predicted octanol–water partition coefficient (Wildman–Crippen LogP) is 2.33. The van der Waals surface area contributed by atoms with Gasteiger partial charge in [-0.2, -0.15) is 0 Å². The molecule has 0 aliphatic heterocycles. The molecule has 1 atom stereocenters. The molecule has 0 radical (unpaired) electrons. The molecule has 156 valence electrons. The highest BCUT2D eigenvalue weighted by Crippen LogP contribution is 2.17. The highest BCUT2D eigenvalue weighted by atomic mass is 16.2. The fourth-order valence-electron chi connectivity index (χ4n) is 3.27. The summed E-state index contributed by atoms with van der Waals surface area (Å²) in [6.45, 7) is 6.47. The average Bonchev–Trinajstić information content (AvgIpc) is 3.06. The maximum Gasteiger partial charge on any atom is 0.269 e. The Balaban J connectivity index is 1.52. The van der Waals surface area contributed by atoms with Gasteiger partial charge in [0.15, 0.2) is 0 Å². The largest absolute Gasteiger partial charge is 0.349 e. The topological polar surface area (TPSA) is 105 Å². The van der Waals surface area contributed by atoms with Gasteiger partial charge in [0.1, 0.15) is 5.82 Å². The van der Waals surface area contributed by atoms with Gasteiger partial charge in [-0.15, -0.1) is 0 Å². The van der Waals surface area contributed by atoms with Gasteiger partial charge >= 0.3 is 0 Å². The van der Waals surface area contributed by atoms with Crippen molar-refractivity contribution in [2.24, 2.45) is 0 Å². The third-order valence-electron chi connectivity index (χ3n) is 4.74. The molecule has 0 saturated heterocycles. The van der Waals surface area contributed by atoms with Gasteiger partial charge in [-0.1, -0.05) is 18.2 Å². The quantitative estimate of drug-likeness (QED) is 0.546. The van der Waals surface area contributed by atoms with E-state index in [1.807, 2.05) is 26.0 Å². The number of amides is 3. The zero-order valence-corrected chi connectivity index (χ0v) is 17.2. The van der Waals surface area contributed by atoms with Crippen LogP contribution in [0.4, 0.5) is 0 Å². The lowest BCUT2D eigenvalue weighted by Crippen LogP contribution is -2.44. The van der Waals surface area contributed by atoms with Gasteiger partial charge in [0, 0.05) is 30.1 Å². The number of carbonyl (C=O) groups is 3.